The van der Waals surface area contributed by atoms with Gasteiger partial charge in [0, 0.05) is 5.41 Å². The second-order valence-electron chi connectivity index (χ2n) is 6.18. The van der Waals surface area contributed by atoms with Crippen LogP contribution in [0.2, 0.25) is 0 Å². The fourth-order valence-electron chi connectivity index (χ4n) is 2.02. The molecule has 0 aliphatic heterocycles. The van der Waals surface area contributed by atoms with Gasteiger partial charge in [0.15, 0.2) is 0 Å². The number of hydroxylamine groups is 1. The normalized spacial score (nSPS) is 13.7. The van der Waals surface area contributed by atoms with Gasteiger partial charge in [-0.25, -0.2) is 8.78 Å². The van der Waals surface area contributed by atoms with E-state index in [9.17, 15) is 32.0 Å². The second-order valence-corrected chi connectivity index (χ2v) is 7.03. The number of urea groups is 1. The van der Waals surface area contributed by atoms with Gasteiger partial charge in [0.2, 0.25) is 5.71 Å². The fourth-order valence-corrected chi connectivity index (χ4v) is 2.71. The van der Waals surface area contributed by atoms with E-state index in [1.165, 1.54) is 33.8 Å². The van der Waals surface area contributed by atoms with Crippen molar-refractivity contribution < 1.29 is 36.7 Å². The van der Waals surface area contributed by atoms with Gasteiger partial charge < -0.3 is 5.21 Å². The predicted molar refractivity (Wildman–Crippen MR) is 83.1 cm³/mol. The molecule has 0 aliphatic rings. The van der Waals surface area contributed by atoms with Crippen LogP contribution in [0.3, 0.4) is 0 Å². The van der Waals surface area contributed by atoms with Gasteiger partial charge >= 0.3 is 12.2 Å². The van der Waals surface area contributed by atoms with Crippen molar-refractivity contribution in [3.8, 4) is 0 Å². The summed E-state index contributed by atoms with van der Waals surface area (Å²) in [5, 5.41) is 9.73. The predicted octanol–water partition coefficient (Wildman–Crippen LogP) is 4.88. The van der Waals surface area contributed by atoms with E-state index in [0.717, 1.165) is 12.1 Å². The first kappa shape index (κ1) is 21.2. The molecule has 0 unspecified atom stereocenters. The number of rotatable bonds is 3. The number of hydrogen-bond donors (Lipinski definition) is 2. The zero-order valence-corrected chi connectivity index (χ0v) is 14.7. The van der Waals surface area contributed by atoms with E-state index in [0.29, 0.717) is 11.9 Å². The van der Waals surface area contributed by atoms with Crippen LogP contribution in [0.25, 0.3) is 0 Å². The number of halogens is 5. The highest BCUT2D eigenvalue weighted by Crippen LogP contribution is 2.35. The van der Waals surface area contributed by atoms with Gasteiger partial charge in [-0.1, -0.05) is 26.8 Å². The smallest absolute Gasteiger partial charge is 0.347 e. The largest absolute Gasteiger partial charge is 0.542 e. The van der Waals surface area contributed by atoms with Crippen LogP contribution in [0.5, 0.6) is 0 Å². The number of alkyl halides is 5. The van der Waals surface area contributed by atoms with Crippen LogP contribution < -0.4 is 4.72 Å². The minimum atomic E-state index is -4.56. The Morgan fingerprint density at radius 1 is 1.24 bits per heavy atom. The number of nitrogens with zero attached hydrogens (tertiary/aromatic N) is 1. The zero-order chi connectivity index (χ0) is 19.6. The molecule has 0 fully saturated rings. The molecule has 1 aromatic rings. The average molecular weight is 385 g/mol. The maximum atomic E-state index is 13.1. The van der Waals surface area contributed by atoms with Crippen molar-refractivity contribution in [2.75, 3.05) is 0 Å². The number of hydrogen-bond acceptors (Lipinski definition) is 3. The van der Waals surface area contributed by atoms with Gasteiger partial charge in [-0.2, -0.15) is 22.7 Å². The summed E-state index contributed by atoms with van der Waals surface area (Å²) in [6, 6.07) is 2.10. The summed E-state index contributed by atoms with van der Waals surface area (Å²) in [6.45, 7) is 5.37. The number of carbonyl (C=O) groups is 1. The molecule has 140 valence electrons. The standard InChI is InChI=1S/C15H17F5N2O2S/c1-8-9(15(18,19)20)6-5-7-10(8)25-21-13(23)22(24)11(12(16)17)14(2,3)4/h5-7,12H,1-4H3,(H-,21,23,24)/p+1. The van der Waals surface area contributed by atoms with E-state index in [1.807, 2.05) is 0 Å². The molecule has 0 saturated heterocycles. The van der Waals surface area contributed by atoms with Gasteiger partial charge in [-0.3, -0.25) is 0 Å². The molecule has 0 aromatic heterocycles. The van der Waals surface area contributed by atoms with Crippen molar-refractivity contribution in [1.82, 2.24) is 4.72 Å². The first-order valence-corrected chi connectivity index (χ1v) is 7.86. The molecule has 4 nitrogen and oxygen atoms in total. The Labute approximate surface area is 145 Å². The van der Waals surface area contributed by atoms with E-state index in [4.69, 9.17) is 0 Å². The van der Waals surface area contributed by atoms with Crippen molar-refractivity contribution in [1.29, 1.82) is 0 Å². The summed E-state index contributed by atoms with van der Waals surface area (Å²) in [7, 11) is 0. The molecule has 1 rings (SSSR count). The number of carbonyl (C=O) groups excluding carboxylic acids is 1. The molecule has 0 radical (unpaired) electrons. The third kappa shape index (κ3) is 5.32. The lowest BCUT2D eigenvalue weighted by Gasteiger charge is -2.18. The summed E-state index contributed by atoms with van der Waals surface area (Å²) < 4.78 is 66.5. The van der Waals surface area contributed by atoms with Crippen LogP contribution in [-0.2, 0) is 6.18 Å². The van der Waals surface area contributed by atoms with Gasteiger partial charge in [-0.05, 0) is 29.4 Å². The highest BCUT2D eigenvalue weighted by Gasteiger charge is 2.38. The lowest BCUT2D eigenvalue weighted by atomic mass is 9.90. The van der Waals surface area contributed by atoms with E-state index in [2.05, 4.69) is 4.72 Å². The van der Waals surface area contributed by atoms with E-state index in [1.54, 1.807) is 0 Å². The molecule has 0 spiro atoms. The van der Waals surface area contributed by atoms with E-state index >= 15 is 0 Å². The Morgan fingerprint density at radius 3 is 2.24 bits per heavy atom. The Kier molecular flexibility index (Phi) is 6.44. The Hall–Kier alpha value is -1.84. The molecule has 0 bridgehead atoms. The molecule has 0 heterocycles. The van der Waals surface area contributed by atoms with Crippen molar-refractivity contribution >= 4 is 23.7 Å². The maximum Gasteiger partial charge on any atom is 0.542 e. The van der Waals surface area contributed by atoms with Crippen LogP contribution >= 0.6 is 11.9 Å². The van der Waals surface area contributed by atoms with Crippen molar-refractivity contribution in [3.05, 3.63) is 29.3 Å². The van der Waals surface area contributed by atoms with E-state index in [-0.39, 0.29) is 15.2 Å². The Balaban J connectivity index is 3.05. The lowest BCUT2D eigenvalue weighted by Crippen LogP contribution is -2.41. The highest BCUT2D eigenvalue weighted by molar-refractivity contribution is 7.98. The summed E-state index contributed by atoms with van der Waals surface area (Å²) >= 11 is 0.494. The zero-order valence-electron chi connectivity index (χ0n) is 13.9. The molecule has 25 heavy (non-hydrogen) atoms. The summed E-state index contributed by atoms with van der Waals surface area (Å²) in [5.41, 5.74) is -3.02. The van der Waals surface area contributed by atoms with Crippen molar-refractivity contribution in [2.24, 2.45) is 5.41 Å². The third-order valence-corrected chi connectivity index (χ3v) is 4.17. The van der Waals surface area contributed by atoms with E-state index < -0.39 is 35.3 Å². The maximum absolute atomic E-state index is 13.1. The van der Waals surface area contributed by atoms with Crippen molar-refractivity contribution in [2.45, 2.75) is 45.2 Å². The van der Waals surface area contributed by atoms with Gasteiger partial charge in [0.25, 0.3) is 6.43 Å². The Bertz CT molecular complexity index is 681. The molecular weight excluding hydrogens is 367 g/mol. The number of nitrogens with one attached hydrogen (secondary N) is 1. The molecule has 0 saturated carbocycles. The van der Waals surface area contributed by atoms with Crippen LogP contribution in [-0.4, -0.2) is 28.1 Å². The van der Waals surface area contributed by atoms with Gasteiger partial charge in [0.05, 0.1) is 22.4 Å². The van der Waals surface area contributed by atoms with Crippen LogP contribution in [0.4, 0.5) is 26.7 Å². The first-order chi connectivity index (χ1) is 11.3. The topological polar surface area (TPSA) is 52.3 Å². The van der Waals surface area contributed by atoms with Crippen LogP contribution in [0.1, 0.15) is 31.9 Å². The summed E-state index contributed by atoms with van der Waals surface area (Å²) in [5.74, 6) is 0. The molecular formula is C15H18F5N2O2S+. The number of amides is 2. The van der Waals surface area contributed by atoms with Crippen molar-refractivity contribution in [3.63, 3.8) is 0 Å². The molecule has 2 N–H and O–H groups in total. The monoisotopic (exact) mass is 385 g/mol. The summed E-state index contributed by atoms with van der Waals surface area (Å²) in [6.07, 6.45) is -7.65. The average Bonchev–Trinajstić information content (AvgIpc) is 2.42. The molecule has 0 aliphatic carbocycles. The molecule has 2 amide bonds. The lowest BCUT2D eigenvalue weighted by molar-refractivity contribution is -0.702. The minimum Gasteiger partial charge on any atom is -0.347 e. The molecule has 0 atom stereocenters. The summed E-state index contributed by atoms with van der Waals surface area (Å²) in [4.78, 5) is 11.9. The fraction of sp³-hybridized carbons (Fsp3) is 0.467. The quantitative estimate of drug-likeness (QED) is 0.148. The Morgan fingerprint density at radius 2 is 1.80 bits per heavy atom. The SMILES string of the molecule is Cc1c(SNC(=O)[N+](O)=C(C(F)F)C(C)(C)C)cccc1C(F)(F)F. The van der Waals surface area contributed by atoms with Crippen LogP contribution in [0.15, 0.2) is 23.1 Å². The minimum absolute atomic E-state index is 0.0749. The van der Waals surface area contributed by atoms with Gasteiger partial charge in [0.1, 0.15) is 0 Å². The molecule has 10 heteroatoms. The first-order valence-electron chi connectivity index (χ1n) is 7.05. The molecule has 1 aromatic carbocycles. The highest BCUT2D eigenvalue weighted by atomic mass is 32.2. The second kappa shape index (κ2) is 7.59. The van der Waals surface area contributed by atoms with Crippen LogP contribution in [0, 0.1) is 12.3 Å². The third-order valence-electron chi connectivity index (χ3n) is 3.23. The number of benzene rings is 1. The van der Waals surface area contributed by atoms with Gasteiger partial charge in [-0.15, -0.1) is 0 Å².